The van der Waals surface area contributed by atoms with Crippen LogP contribution < -0.4 is 5.31 Å². The van der Waals surface area contributed by atoms with E-state index in [4.69, 9.17) is 22.0 Å². The van der Waals surface area contributed by atoms with Gasteiger partial charge in [-0.3, -0.25) is 4.79 Å². The van der Waals surface area contributed by atoms with E-state index >= 15 is 0 Å². The number of carbonyl (C=O) groups is 1. The molecular formula is C26H21N3O4. The lowest BCUT2D eigenvalue weighted by Crippen LogP contribution is -2.53. The predicted molar refractivity (Wildman–Crippen MR) is 124 cm³/mol. The van der Waals surface area contributed by atoms with Gasteiger partial charge in [0.2, 0.25) is 2.86 Å². The van der Waals surface area contributed by atoms with Crippen LogP contribution in [0.2, 0.25) is 1.41 Å². The van der Waals surface area contributed by atoms with E-state index in [-0.39, 0.29) is 24.2 Å². The number of nitrogens with zero attached hydrogens (tertiary/aromatic N) is 2. The summed E-state index contributed by atoms with van der Waals surface area (Å²) in [4.78, 5) is 13.6. The van der Waals surface area contributed by atoms with E-state index in [2.05, 4.69) is 0 Å². The maximum atomic E-state index is 13.6. The first kappa shape index (κ1) is 14.0. The topological polar surface area (TPSA) is 88.7 Å². The molecule has 5 heterocycles. The Kier molecular flexibility index (Phi) is 2.29. The van der Waals surface area contributed by atoms with Gasteiger partial charge in [0.25, 0.3) is 5.91 Å². The number of amides is 1. The molecule has 33 heavy (non-hydrogen) atoms. The number of rotatable bonds is 3. The molecule has 5 aromatic rings. The van der Waals surface area contributed by atoms with Crippen LogP contribution in [0.15, 0.2) is 48.5 Å². The highest BCUT2D eigenvalue weighted by Gasteiger charge is 2.60. The molecule has 3 aromatic carbocycles. The lowest BCUT2D eigenvalue weighted by Gasteiger charge is -2.38. The average Bonchev–Trinajstić information content (AvgIpc) is 3.54. The van der Waals surface area contributed by atoms with Crippen molar-refractivity contribution >= 4 is 49.5 Å². The molecule has 164 valence electrons. The maximum Gasteiger partial charge on any atom is 0.252 e. The van der Waals surface area contributed by atoms with Gasteiger partial charge in [-0.05, 0) is 24.6 Å². The molecule has 7 heteroatoms. The quantitative estimate of drug-likeness (QED) is 0.398. The SMILES string of the molecule is [2H]OCC1(O[2H])CC2OC1(C)n1c3ccccc3c3c4c(c5c6ccccc6n2c5c31)C(=O)N([2H])C4([2H])[2H]. The molecule has 0 aliphatic carbocycles. The number of carbonyl (C=O) groups excluding carboxylic acids is 1. The summed E-state index contributed by atoms with van der Waals surface area (Å²) < 4.78 is 52.7. The summed E-state index contributed by atoms with van der Waals surface area (Å²) in [6.45, 7) is -0.824. The van der Waals surface area contributed by atoms with Crippen molar-refractivity contribution in [2.75, 3.05) is 6.61 Å². The van der Waals surface area contributed by atoms with Crippen LogP contribution in [-0.2, 0) is 17.0 Å². The van der Waals surface area contributed by atoms with E-state index in [1.54, 1.807) is 6.92 Å². The minimum Gasteiger partial charge on any atom is -0.393 e. The number of fused-ring (bicyclic) bond motifs is 13. The van der Waals surface area contributed by atoms with Crippen LogP contribution in [0, 0.1) is 0 Å². The summed E-state index contributed by atoms with van der Waals surface area (Å²) in [5.74, 6) is -0.695. The number of nitrogens with one attached hydrogen (secondary N) is 1. The van der Waals surface area contributed by atoms with Crippen molar-refractivity contribution in [1.29, 1.82) is 2.86 Å². The normalized spacial score (nSPS) is 31.8. The fourth-order valence-electron chi connectivity index (χ4n) is 6.43. The number of hydrogen-bond acceptors (Lipinski definition) is 4. The monoisotopic (exact) mass is 444 g/mol. The van der Waals surface area contributed by atoms with Gasteiger partial charge in [-0.1, -0.05) is 36.4 Å². The van der Waals surface area contributed by atoms with Gasteiger partial charge >= 0.3 is 0 Å². The van der Waals surface area contributed by atoms with Gasteiger partial charge in [0.1, 0.15) is 11.8 Å². The number of aliphatic hydroxyl groups is 2. The second kappa shape index (κ2) is 5.39. The molecule has 2 aromatic heterocycles. The first-order valence-corrected chi connectivity index (χ1v) is 11.0. The van der Waals surface area contributed by atoms with Gasteiger partial charge in [-0.2, -0.15) is 0 Å². The second-order valence-corrected chi connectivity index (χ2v) is 9.36. The lowest BCUT2D eigenvalue weighted by atomic mass is 9.89. The van der Waals surface area contributed by atoms with Crippen molar-refractivity contribution < 1.29 is 23.9 Å². The summed E-state index contributed by atoms with van der Waals surface area (Å²) in [6.07, 6.45) is -0.438. The Labute approximate surface area is 195 Å². The summed E-state index contributed by atoms with van der Waals surface area (Å²) in [6, 6.07) is 15.0. The van der Waals surface area contributed by atoms with Crippen molar-refractivity contribution in [2.24, 2.45) is 0 Å². The van der Waals surface area contributed by atoms with Gasteiger partial charge < -0.3 is 29.4 Å². The molecule has 8 rings (SSSR count). The maximum absolute atomic E-state index is 13.6. The molecule has 1 amide bonds. The molecule has 3 N–H and O–H groups in total. The predicted octanol–water partition coefficient (Wildman–Crippen LogP) is 3.47. The van der Waals surface area contributed by atoms with E-state index in [1.165, 1.54) is 0 Å². The standard InChI is InChI=1S/C26H21N3O4/c1-25-26(32,12-30)10-18(33-25)28-16-8-4-2-6-13(16)20-21-15(11-27-24(21)31)19-14-7-3-5-9-17(14)29(25)23(19)22(20)28/h2-9,18,30,32H,10-12H2,1H3,(H,27,31)/i11D2,30D,32D/hD. The summed E-state index contributed by atoms with van der Waals surface area (Å²) >= 11 is 0. The Morgan fingerprint density at radius 1 is 1.18 bits per heavy atom. The fourth-order valence-corrected chi connectivity index (χ4v) is 6.43. The third-order valence-corrected chi connectivity index (χ3v) is 7.91. The molecule has 7 nitrogen and oxygen atoms in total. The second-order valence-electron chi connectivity index (χ2n) is 9.36. The molecule has 3 aliphatic rings. The highest BCUT2D eigenvalue weighted by molar-refractivity contribution is 6.31. The molecule has 2 bridgehead atoms. The van der Waals surface area contributed by atoms with Crippen LogP contribution in [0.25, 0.3) is 43.6 Å². The van der Waals surface area contributed by atoms with E-state index in [0.29, 0.717) is 38.0 Å². The smallest absolute Gasteiger partial charge is 0.252 e. The zero-order chi connectivity index (χ0) is 26.4. The summed E-state index contributed by atoms with van der Waals surface area (Å²) in [5, 5.41) is 13.2. The van der Waals surface area contributed by atoms with Crippen molar-refractivity contribution in [1.82, 2.24) is 14.4 Å². The Bertz CT molecular complexity index is 1900. The zero-order valence-corrected chi connectivity index (χ0v) is 17.6. The molecule has 1 saturated heterocycles. The van der Waals surface area contributed by atoms with E-state index in [1.807, 2.05) is 57.7 Å². The van der Waals surface area contributed by atoms with Gasteiger partial charge in [-0.15, -0.1) is 0 Å². The van der Waals surface area contributed by atoms with Crippen molar-refractivity contribution in [3.63, 3.8) is 0 Å². The van der Waals surface area contributed by atoms with E-state index in [9.17, 15) is 4.79 Å². The molecule has 3 aliphatic heterocycles. The minimum absolute atomic E-state index is 0.147. The Morgan fingerprint density at radius 2 is 1.94 bits per heavy atom. The van der Waals surface area contributed by atoms with Crippen LogP contribution in [0.3, 0.4) is 0 Å². The van der Waals surface area contributed by atoms with E-state index in [0.717, 1.165) is 10.9 Å². The average molecular weight is 445 g/mol. The summed E-state index contributed by atoms with van der Waals surface area (Å²) in [7, 11) is 0. The Hall–Kier alpha value is -3.39. The van der Waals surface area contributed by atoms with Crippen LogP contribution in [0.5, 0.6) is 0 Å². The summed E-state index contributed by atoms with van der Waals surface area (Å²) in [5.41, 5.74) is 0.413. The van der Waals surface area contributed by atoms with Crippen LogP contribution >= 0.6 is 0 Å². The number of ether oxygens (including phenoxy) is 1. The van der Waals surface area contributed by atoms with Gasteiger partial charge in [-0.25, -0.2) is 0 Å². The fraction of sp³-hybridized carbons (Fsp3) is 0.269. The Morgan fingerprint density at radius 3 is 2.73 bits per heavy atom. The largest absolute Gasteiger partial charge is 0.393 e. The van der Waals surface area contributed by atoms with Crippen LogP contribution in [0.4, 0.5) is 0 Å². The van der Waals surface area contributed by atoms with E-state index < -0.39 is 30.0 Å². The molecular weight excluding hydrogens is 418 g/mol. The molecule has 3 atom stereocenters. The number of aromatic nitrogens is 2. The van der Waals surface area contributed by atoms with Crippen molar-refractivity contribution in [3.8, 4) is 0 Å². The number of benzene rings is 3. The minimum atomic E-state index is -2.39. The molecule has 1 fully saturated rings. The van der Waals surface area contributed by atoms with Gasteiger partial charge in [0.05, 0.1) is 37.0 Å². The highest BCUT2D eigenvalue weighted by atomic mass is 16.6. The number of aliphatic hydroxyl groups excluding tert-OH is 1. The molecule has 3 unspecified atom stereocenters. The third kappa shape index (κ3) is 1.75. The van der Waals surface area contributed by atoms with Crippen molar-refractivity contribution in [2.45, 2.75) is 37.4 Å². The molecule has 0 saturated carbocycles. The Balaban J connectivity index is 1.74. The number of para-hydroxylation sites is 2. The number of hydrogen-bond donors (Lipinski definition) is 3. The third-order valence-electron chi connectivity index (χ3n) is 7.91. The highest BCUT2D eigenvalue weighted by Crippen LogP contribution is 2.57. The van der Waals surface area contributed by atoms with Gasteiger partial charge in [0, 0.05) is 34.5 Å². The zero-order valence-electron chi connectivity index (χ0n) is 22.6. The van der Waals surface area contributed by atoms with Crippen LogP contribution in [-0.4, -0.2) is 40.3 Å². The molecule has 0 radical (unpaired) electrons. The first-order valence-electron chi connectivity index (χ1n) is 13.2. The van der Waals surface area contributed by atoms with Crippen LogP contribution in [0.1, 0.15) is 38.2 Å². The first-order chi connectivity index (χ1) is 18.2. The lowest BCUT2D eigenvalue weighted by molar-refractivity contribution is -0.189. The van der Waals surface area contributed by atoms with Crippen molar-refractivity contribution in [3.05, 3.63) is 59.7 Å². The molecule has 0 spiro atoms. The van der Waals surface area contributed by atoms with Gasteiger partial charge in [0.15, 0.2) is 7.14 Å².